The summed E-state index contributed by atoms with van der Waals surface area (Å²) in [5.41, 5.74) is 2.47. The molecule has 2 aromatic rings. The summed E-state index contributed by atoms with van der Waals surface area (Å²) in [6, 6.07) is 5.57. The molecule has 8 N–H and O–H groups in total. The van der Waals surface area contributed by atoms with Crippen LogP contribution in [-0.2, 0) is 48.0 Å². The van der Waals surface area contributed by atoms with Crippen LogP contribution in [0.4, 0.5) is 11.6 Å². The number of carbonyl (C=O) groups is 2. The molecule has 21 heteroatoms. The van der Waals surface area contributed by atoms with Crippen LogP contribution in [0.5, 0.6) is 0 Å². The van der Waals surface area contributed by atoms with Crippen LogP contribution in [0.3, 0.4) is 0 Å². The number of carbonyl (C=O) groups excluding carboxylic acids is 2. The molecule has 394 valence electrons. The molecule has 0 spiro atoms. The van der Waals surface area contributed by atoms with Crippen LogP contribution in [0.2, 0.25) is 0 Å². The van der Waals surface area contributed by atoms with Crippen molar-refractivity contribution in [1.82, 2.24) is 10.1 Å². The molecule has 4 heterocycles. The van der Waals surface area contributed by atoms with Crippen molar-refractivity contribution >= 4 is 33.3 Å². The van der Waals surface area contributed by atoms with Gasteiger partial charge in [-0.15, -0.1) is 0 Å². The summed E-state index contributed by atoms with van der Waals surface area (Å²) >= 11 is 0. The monoisotopic (exact) mass is 1000 g/mol. The summed E-state index contributed by atoms with van der Waals surface area (Å²) in [4.78, 5) is 29.9. The van der Waals surface area contributed by atoms with E-state index in [9.17, 15) is 43.5 Å². The molecule has 0 amide bonds. The number of likely N-dealkylation sites (N-methyl/N-ethyl adjacent to an activating group) is 1. The van der Waals surface area contributed by atoms with Crippen molar-refractivity contribution in [3.63, 3.8) is 0 Å². The summed E-state index contributed by atoms with van der Waals surface area (Å²) in [5, 5.41) is 61.3. The van der Waals surface area contributed by atoms with Gasteiger partial charge >= 0.3 is 5.97 Å². The second kappa shape index (κ2) is 23.0. The average Bonchev–Trinajstić information content (AvgIpc) is 3.59. The first-order chi connectivity index (χ1) is 31.8. The third-order valence-electron chi connectivity index (χ3n) is 14.4. The lowest BCUT2D eigenvalue weighted by molar-refractivity contribution is -0.318. The summed E-state index contributed by atoms with van der Waals surface area (Å²) in [6.07, 6.45) is -9.71. The van der Waals surface area contributed by atoms with Crippen LogP contribution in [0.1, 0.15) is 106 Å². The molecular formula is C48H80N4O16S. The number of Topliss-reactive ketones (excluding diaryl/α,β-unsaturated/α-hetero) is 1. The molecule has 0 bridgehead atoms. The maximum absolute atomic E-state index is 14.1. The molecule has 1 aromatic carbocycles. The lowest BCUT2D eigenvalue weighted by Gasteiger charge is -2.49. The fourth-order valence-electron chi connectivity index (χ4n) is 9.75. The number of hydrogen-bond donors (Lipinski definition) is 7. The van der Waals surface area contributed by atoms with Crippen molar-refractivity contribution in [3.05, 3.63) is 35.5 Å². The number of nitrogens with one attached hydrogen (secondary N) is 1. The predicted octanol–water partition coefficient (Wildman–Crippen LogP) is 3.46. The number of sulfonamides is 1. The zero-order valence-corrected chi connectivity index (χ0v) is 43.7. The third-order valence-corrected chi connectivity index (χ3v) is 15.7. The summed E-state index contributed by atoms with van der Waals surface area (Å²) in [5.74, 6) is -4.85. The van der Waals surface area contributed by atoms with Gasteiger partial charge in [0.15, 0.2) is 12.6 Å². The molecule has 69 heavy (non-hydrogen) atoms. The largest absolute Gasteiger partial charge is 0.459 e. The van der Waals surface area contributed by atoms with Crippen molar-refractivity contribution in [3.8, 4) is 0 Å². The number of ether oxygens (including phenoxy) is 6. The Bertz CT molecular complexity index is 2120. The quantitative estimate of drug-likeness (QED) is 0.132. The smallest absolute Gasteiger partial charge is 0.311 e. The van der Waals surface area contributed by atoms with Crippen LogP contribution in [-0.4, -0.2) is 161 Å². The molecule has 0 saturated carbocycles. The van der Waals surface area contributed by atoms with E-state index in [0.29, 0.717) is 23.4 Å². The van der Waals surface area contributed by atoms with Gasteiger partial charge in [-0.05, 0) is 113 Å². The van der Waals surface area contributed by atoms with Crippen LogP contribution in [0.25, 0.3) is 0 Å². The minimum absolute atomic E-state index is 0.0936. The maximum Gasteiger partial charge on any atom is 0.311 e. The van der Waals surface area contributed by atoms with E-state index in [2.05, 4.69) is 9.88 Å². The van der Waals surface area contributed by atoms with Gasteiger partial charge in [-0.25, -0.2) is 13.1 Å². The Morgan fingerprint density at radius 1 is 0.913 bits per heavy atom. The number of cyclic esters (lactones) is 1. The van der Waals surface area contributed by atoms with E-state index in [4.69, 9.17) is 38.7 Å². The number of nitrogen functional groups attached to an aromatic ring is 1. The van der Waals surface area contributed by atoms with E-state index in [1.54, 1.807) is 55.4 Å². The number of hydrogen-bond acceptors (Lipinski definition) is 19. The van der Waals surface area contributed by atoms with Crippen molar-refractivity contribution in [2.75, 3.05) is 31.7 Å². The Hall–Kier alpha value is -3.32. The molecule has 18 atom stereocenters. The number of rotatable bonds is 10. The van der Waals surface area contributed by atoms with Gasteiger partial charge in [0.25, 0.3) is 10.0 Å². The highest BCUT2D eigenvalue weighted by Gasteiger charge is 2.53. The molecule has 3 aliphatic heterocycles. The van der Waals surface area contributed by atoms with Gasteiger partial charge in [0.1, 0.15) is 29.7 Å². The molecule has 0 radical (unpaired) electrons. The van der Waals surface area contributed by atoms with E-state index in [0.717, 1.165) is 0 Å². The van der Waals surface area contributed by atoms with Gasteiger partial charge in [0, 0.05) is 48.6 Å². The number of benzene rings is 1. The van der Waals surface area contributed by atoms with Gasteiger partial charge in [0.2, 0.25) is 5.88 Å². The molecular weight excluding hydrogens is 921 g/mol. The van der Waals surface area contributed by atoms with E-state index in [1.807, 2.05) is 25.9 Å². The number of aryl methyl sites for hydroxylation is 1. The maximum atomic E-state index is 14.1. The highest BCUT2D eigenvalue weighted by Crippen LogP contribution is 2.41. The van der Waals surface area contributed by atoms with Crippen molar-refractivity contribution in [2.24, 2.45) is 23.7 Å². The number of methoxy groups -OCH3 is 1. The number of ketones is 1. The lowest BCUT2D eigenvalue weighted by Crippen LogP contribution is -2.61. The van der Waals surface area contributed by atoms with Crippen LogP contribution in [0, 0.1) is 37.5 Å². The fraction of sp³-hybridized carbons (Fsp3) is 0.771. The Labute approximate surface area is 407 Å². The zero-order chi connectivity index (χ0) is 52.3. The molecule has 1 aromatic heterocycles. The van der Waals surface area contributed by atoms with Crippen molar-refractivity contribution < 1.29 is 76.5 Å². The molecule has 3 aliphatic rings. The molecule has 0 unspecified atom stereocenters. The summed E-state index contributed by atoms with van der Waals surface area (Å²) < 4.78 is 68.4. The van der Waals surface area contributed by atoms with Gasteiger partial charge in [-0.1, -0.05) is 32.9 Å². The highest BCUT2D eigenvalue weighted by atomic mass is 32.2. The van der Waals surface area contributed by atoms with Crippen molar-refractivity contribution in [2.45, 2.75) is 198 Å². The Morgan fingerprint density at radius 2 is 1.52 bits per heavy atom. The Morgan fingerprint density at radius 3 is 2.06 bits per heavy atom. The number of nitrogens with zero attached hydrogens (tertiary/aromatic N) is 2. The van der Waals surface area contributed by atoms with E-state index < -0.39 is 118 Å². The number of aliphatic hydroxyl groups is 5. The number of anilines is 2. The highest BCUT2D eigenvalue weighted by molar-refractivity contribution is 7.92. The lowest BCUT2D eigenvalue weighted by atomic mass is 9.74. The predicted molar refractivity (Wildman–Crippen MR) is 254 cm³/mol. The van der Waals surface area contributed by atoms with E-state index >= 15 is 0 Å². The van der Waals surface area contributed by atoms with Crippen molar-refractivity contribution in [1.29, 1.82) is 0 Å². The average molecular weight is 1000 g/mol. The van der Waals surface area contributed by atoms with Gasteiger partial charge < -0.3 is 69.1 Å². The van der Waals surface area contributed by atoms with E-state index in [1.165, 1.54) is 52.1 Å². The van der Waals surface area contributed by atoms with Crippen LogP contribution in [0.15, 0.2) is 33.7 Å². The Balaban J connectivity index is 0.000000478. The first-order valence-electron chi connectivity index (χ1n) is 23.7. The first-order valence-corrected chi connectivity index (χ1v) is 25.2. The first kappa shape index (κ1) is 58.3. The van der Waals surface area contributed by atoms with E-state index in [-0.39, 0.29) is 42.2 Å². The standard InChI is InChI=1S/C37H67NO13.C11H13N3O3S/c1-14-25-37(10,45)30(41)20(4)27(39)18(2)16-35(8,44)32(51-34-28(40)24(38(11)12)15-19(3)47-34)21(5)29(22(6)33(43)49-25)50-26-17-36(9,46-13)31(42)23(7)48-26;1-7-8(2)13-17-11(7)14-18(15,16)10-5-3-9(12)4-6-10/h18-26,28-32,34,40-42,44-45H,14-17H2,1-13H3;3-6,14H,12H2,1-2H3/t18-,19-,20+,21-,22-,23+,24+,25-,26+,28-,29+,30+,31+,32-,34+,35-,36-,37-;/m1./s1. The number of aromatic nitrogens is 1. The van der Waals surface area contributed by atoms with Crippen LogP contribution >= 0.6 is 0 Å². The fourth-order valence-corrected chi connectivity index (χ4v) is 10.8. The minimum Gasteiger partial charge on any atom is -0.459 e. The molecule has 3 saturated heterocycles. The summed E-state index contributed by atoms with van der Waals surface area (Å²) in [6.45, 7) is 19.8. The van der Waals surface area contributed by atoms with Gasteiger partial charge in [-0.2, -0.15) is 0 Å². The number of aliphatic hydroxyl groups excluding tert-OH is 3. The second-order valence-electron chi connectivity index (χ2n) is 20.4. The zero-order valence-electron chi connectivity index (χ0n) is 42.9. The van der Waals surface area contributed by atoms with Crippen LogP contribution < -0.4 is 10.5 Å². The van der Waals surface area contributed by atoms with Gasteiger partial charge in [0.05, 0.1) is 58.2 Å². The van der Waals surface area contributed by atoms with Gasteiger partial charge in [-0.3, -0.25) is 9.59 Å². The Kier molecular flexibility index (Phi) is 19.5. The number of esters is 1. The topological polar surface area (TPSA) is 292 Å². The molecule has 5 rings (SSSR count). The third kappa shape index (κ3) is 13.4. The number of nitrogens with two attached hydrogens (primary N) is 1. The normalized spacial score (nSPS) is 39.8. The molecule has 3 fully saturated rings. The molecule has 0 aliphatic carbocycles. The summed E-state index contributed by atoms with van der Waals surface area (Å²) in [7, 11) is 1.50. The molecule has 20 nitrogen and oxygen atoms in total. The minimum atomic E-state index is -3.68. The SMILES string of the molecule is CC[C@H]1OC(=O)[C@H](C)[C@@H](O[C@H]2C[C@@](C)(OC)[C@@H](O)[C@H](C)O2)[C@@H](C)[C@@H](O[C@@H]2O[C@H](C)C[C@H](N(C)C)[C@H]2O)[C@](C)(O)C[C@@H](C)C(=O)[C@H](C)[C@H](O)[C@]1(C)O.Cc1noc(NS(=O)(=O)c2ccc(N)cc2)c1C. The second-order valence-corrected chi connectivity index (χ2v) is 22.1.